The summed E-state index contributed by atoms with van der Waals surface area (Å²) in [5.41, 5.74) is 1.45. The van der Waals surface area contributed by atoms with Crippen LogP contribution in [0.3, 0.4) is 0 Å². The molecule has 0 saturated carbocycles. The van der Waals surface area contributed by atoms with Crippen LogP contribution in [-0.4, -0.2) is 50.7 Å². The molecule has 3 N–H and O–H groups in total. The number of piperazine rings is 1. The molecule has 2 unspecified atom stereocenters. The van der Waals surface area contributed by atoms with E-state index in [9.17, 15) is 4.79 Å². The molecular weight excluding hydrogens is 559 g/mol. The molecule has 2 saturated heterocycles. The minimum absolute atomic E-state index is 0. The van der Waals surface area contributed by atoms with E-state index in [1.165, 1.54) is 0 Å². The number of nitrogens with zero attached hydrogens (tertiary/aromatic N) is 1. The molecule has 1 amide bonds. The van der Waals surface area contributed by atoms with Gasteiger partial charge in [-0.25, -0.2) is 0 Å². The lowest BCUT2D eigenvalue weighted by molar-refractivity contribution is -0.140. The van der Waals surface area contributed by atoms with E-state index >= 15 is 0 Å². The fourth-order valence-corrected chi connectivity index (χ4v) is 5.53. The quantitative estimate of drug-likeness (QED) is 0.356. The lowest BCUT2D eigenvalue weighted by atomic mass is 9.95. The minimum atomic E-state index is -1.26. The maximum Gasteiger partial charge on any atom is 0.262 e. The van der Waals surface area contributed by atoms with E-state index in [2.05, 4.69) is 16.0 Å². The number of carbonyl (C=O) groups excluding carboxylic acids is 1. The molecule has 39 heavy (non-hydrogen) atoms. The van der Waals surface area contributed by atoms with Crippen molar-refractivity contribution in [2.45, 2.75) is 24.7 Å². The average molecular weight is 592 g/mol. The molecular formula is C29H33Cl3N4O3. The Morgan fingerprint density at radius 3 is 1.95 bits per heavy atom. The normalized spacial score (nSPS) is 22.7. The van der Waals surface area contributed by atoms with Gasteiger partial charge in [0, 0.05) is 47.9 Å². The van der Waals surface area contributed by atoms with Crippen LogP contribution < -0.4 is 25.4 Å². The van der Waals surface area contributed by atoms with Crippen molar-refractivity contribution in [1.29, 1.82) is 0 Å². The number of rotatable bonds is 7. The molecule has 2 aliphatic rings. The summed E-state index contributed by atoms with van der Waals surface area (Å²) in [4.78, 5) is 16.4. The first-order valence-electron chi connectivity index (χ1n) is 12.8. The summed E-state index contributed by atoms with van der Waals surface area (Å²) < 4.78 is 11.6. The molecule has 0 aromatic heterocycles. The Kier molecular flexibility index (Phi) is 9.64. The van der Waals surface area contributed by atoms with Crippen molar-refractivity contribution in [3.63, 3.8) is 0 Å². The molecule has 0 bridgehead atoms. The van der Waals surface area contributed by atoms with Crippen molar-refractivity contribution in [1.82, 2.24) is 20.9 Å². The van der Waals surface area contributed by atoms with Crippen molar-refractivity contribution in [3.8, 4) is 11.5 Å². The van der Waals surface area contributed by atoms with Crippen LogP contribution in [0.25, 0.3) is 0 Å². The Bertz CT molecular complexity index is 1210. The molecule has 3 aromatic rings. The van der Waals surface area contributed by atoms with Crippen LogP contribution >= 0.6 is 35.6 Å². The van der Waals surface area contributed by atoms with Crippen molar-refractivity contribution in [2.24, 2.45) is 0 Å². The highest BCUT2D eigenvalue weighted by atomic mass is 35.5. The smallest absolute Gasteiger partial charge is 0.262 e. The molecule has 0 aliphatic carbocycles. The van der Waals surface area contributed by atoms with E-state index in [4.69, 9.17) is 32.7 Å². The van der Waals surface area contributed by atoms with Crippen molar-refractivity contribution < 1.29 is 14.3 Å². The number of benzene rings is 3. The molecule has 3 aromatic carbocycles. The summed E-state index contributed by atoms with van der Waals surface area (Å²) in [6.07, 6.45) is 0. The van der Waals surface area contributed by atoms with Crippen LogP contribution in [0.1, 0.15) is 35.7 Å². The predicted molar refractivity (Wildman–Crippen MR) is 157 cm³/mol. The maximum atomic E-state index is 14.5. The average Bonchev–Trinajstić information content (AvgIpc) is 3.35. The summed E-state index contributed by atoms with van der Waals surface area (Å²) in [6.45, 7) is 5.08. The van der Waals surface area contributed by atoms with Gasteiger partial charge < -0.3 is 19.7 Å². The van der Waals surface area contributed by atoms with E-state index in [1.54, 1.807) is 7.11 Å². The zero-order valence-corrected chi connectivity index (χ0v) is 24.2. The van der Waals surface area contributed by atoms with Crippen molar-refractivity contribution in [3.05, 3.63) is 93.5 Å². The van der Waals surface area contributed by atoms with Gasteiger partial charge in [0.15, 0.2) is 5.66 Å². The Balaban J connectivity index is 0.00000353. The Labute approximate surface area is 245 Å². The Morgan fingerprint density at radius 1 is 0.923 bits per heavy atom. The van der Waals surface area contributed by atoms with E-state index in [1.807, 2.05) is 78.6 Å². The first kappa shape index (κ1) is 29.5. The number of methoxy groups -OCH3 is 1. The second kappa shape index (κ2) is 12.8. The highest BCUT2D eigenvalue weighted by molar-refractivity contribution is 6.30. The number of halogens is 3. The van der Waals surface area contributed by atoms with Crippen LogP contribution in [0, 0.1) is 0 Å². The first-order valence-corrected chi connectivity index (χ1v) is 13.6. The zero-order valence-electron chi connectivity index (χ0n) is 21.9. The predicted octanol–water partition coefficient (Wildman–Crippen LogP) is 5.08. The second-order valence-corrected chi connectivity index (χ2v) is 10.3. The molecule has 0 radical (unpaired) electrons. The van der Waals surface area contributed by atoms with E-state index in [-0.39, 0.29) is 30.4 Å². The van der Waals surface area contributed by atoms with Crippen LogP contribution in [0.15, 0.2) is 66.7 Å². The minimum Gasteiger partial charge on any atom is -0.497 e. The summed E-state index contributed by atoms with van der Waals surface area (Å²) in [5.74, 6) is 1.19. The SMILES string of the molecule is CCOc1cc(OC)ccc1C1(C(=O)N2CCNCC2)NC(c2ccc(Cl)cc2)C(c2ccc(Cl)cc2)N1.Cl. The van der Waals surface area contributed by atoms with Gasteiger partial charge in [0.2, 0.25) is 0 Å². The Hall–Kier alpha value is -2.52. The Morgan fingerprint density at radius 2 is 1.46 bits per heavy atom. The summed E-state index contributed by atoms with van der Waals surface area (Å²) >= 11 is 12.5. The van der Waals surface area contributed by atoms with Gasteiger partial charge in [0.1, 0.15) is 11.5 Å². The molecule has 2 aliphatic heterocycles. The van der Waals surface area contributed by atoms with Gasteiger partial charge in [-0.3, -0.25) is 15.4 Å². The molecule has 208 valence electrons. The largest absolute Gasteiger partial charge is 0.497 e. The number of nitrogens with one attached hydrogen (secondary N) is 3. The van der Waals surface area contributed by atoms with Crippen LogP contribution in [0.2, 0.25) is 10.0 Å². The van der Waals surface area contributed by atoms with Crippen molar-refractivity contribution >= 4 is 41.5 Å². The molecule has 2 heterocycles. The van der Waals surface area contributed by atoms with Crippen molar-refractivity contribution in [2.75, 3.05) is 39.9 Å². The first-order chi connectivity index (χ1) is 18.4. The van der Waals surface area contributed by atoms with E-state index in [0.717, 1.165) is 24.2 Å². The third kappa shape index (κ3) is 5.99. The summed E-state index contributed by atoms with van der Waals surface area (Å²) in [7, 11) is 1.62. The van der Waals surface area contributed by atoms with Gasteiger partial charge in [-0.05, 0) is 54.4 Å². The second-order valence-electron chi connectivity index (χ2n) is 9.43. The third-order valence-corrected chi connectivity index (χ3v) is 7.66. The maximum absolute atomic E-state index is 14.5. The molecule has 2 fully saturated rings. The van der Waals surface area contributed by atoms with Crippen LogP contribution in [0.5, 0.6) is 11.5 Å². The molecule has 10 heteroatoms. The van der Waals surface area contributed by atoms with Gasteiger partial charge in [0.25, 0.3) is 5.91 Å². The van der Waals surface area contributed by atoms with Gasteiger partial charge in [0.05, 0.1) is 25.8 Å². The highest BCUT2D eigenvalue weighted by Crippen LogP contribution is 2.45. The number of hydrogen-bond acceptors (Lipinski definition) is 6. The standard InChI is InChI=1S/C29H32Cl2N4O3.ClH/c1-3-38-25-18-23(37-2)12-13-24(25)29(28(36)35-16-14-32-15-17-35)33-26(19-4-8-21(30)9-5-19)27(34-29)20-6-10-22(31)11-7-20;/h4-13,18,26-27,32-34H,3,14-17H2,1-2H3;1H. The molecule has 7 nitrogen and oxygen atoms in total. The highest BCUT2D eigenvalue weighted by Gasteiger charge is 2.54. The van der Waals surface area contributed by atoms with Crippen LogP contribution in [-0.2, 0) is 10.5 Å². The molecule has 0 spiro atoms. The lowest BCUT2D eigenvalue weighted by Crippen LogP contribution is -2.61. The fraction of sp³-hybridized carbons (Fsp3) is 0.345. The topological polar surface area (TPSA) is 74.9 Å². The lowest BCUT2D eigenvalue weighted by Gasteiger charge is -2.38. The number of hydrogen-bond donors (Lipinski definition) is 3. The van der Waals surface area contributed by atoms with Gasteiger partial charge in [-0.2, -0.15) is 0 Å². The van der Waals surface area contributed by atoms with Gasteiger partial charge in [-0.15, -0.1) is 12.4 Å². The number of ether oxygens (including phenoxy) is 2. The summed E-state index contributed by atoms with van der Waals surface area (Å²) in [6, 6.07) is 20.6. The number of carbonyl (C=O) groups is 1. The molecule has 5 rings (SSSR count). The number of amides is 1. The molecule has 2 atom stereocenters. The summed E-state index contributed by atoms with van der Waals surface area (Å²) in [5, 5.41) is 12.1. The zero-order chi connectivity index (χ0) is 26.7. The van der Waals surface area contributed by atoms with Gasteiger partial charge in [-0.1, -0.05) is 47.5 Å². The monoisotopic (exact) mass is 590 g/mol. The van der Waals surface area contributed by atoms with E-state index < -0.39 is 5.66 Å². The van der Waals surface area contributed by atoms with Gasteiger partial charge >= 0.3 is 0 Å². The fourth-order valence-electron chi connectivity index (χ4n) is 5.28. The van der Waals surface area contributed by atoms with E-state index in [0.29, 0.717) is 46.8 Å². The third-order valence-electron chi connectivity index (χ3n) is 7.15. The van der Waals surface area contributed by atoms with Crippen LogP contribution in [0.4, 0.5) is 0 Å².